The highest BCUT2D eigenvalue weighted by atomic mass is 16.5. The van der Waals surface area contributed by atoms with Crippen molar-refractivity contribution >= 4 is 17.9 Å². The number of nitrogens with one attached hydrogen (secondary N) is 1. The van der Waals surface area contributed by atoms with Crippen LogP contribution in [0.3, 0.4) is 0 Å². The summed E-state index contributed by atoms with van der Waals surface area (Å²) in [4.78, 5) is 23.9. The molecule has 9 heteroatoms. The summed E-state index contributed by atoms with van der Waals surface area (Å²) in [6.45, 7) is 3.08. The summed E-state index contributed by atoms with van der Waals surface area (Å²) in [7, 11) is 0. The molecule has 3 aliphatic rings. The monoisotopic (exact) mass is 446 g/mol. The van der Waals surface area contributed by atoms with Crippen molar-refractivity contribution in [2.75, 3.05) is 19.8 Å². The zero-order valence-electron chi connectivity index (χ0n) is 19.1. The molecule has 3 atom stereocenters. The fourth-order valence-corrected chi connectivity index (χ4v) is 4.73. The Morgan fingerprint density at radius 3 is 2.91 bits per heavy atom. The standard InChI is InChI=1S/C23H38N6O3/c1-16-20(21(31)32-14-8-6-12-26-22(24)25)19-11-10-18-15-17(28-23(27-16)29(18)19)9-5-3-2-4-7-13-30/h2,4,16-18,30H,3,5-15H2,1H3,(H,27,28)(H4,24,25,26)/b4-2-/t16?,17-,18+/m1/s1. The van der Waals surface area contributed by atoms with Crippen molar-refractivity contribution in [1.82, 2.24) is 10.2 Å². The van der Waals surface area contributed by atoms with Crippen LogP contribution in [0, 0.1) is 0 Å². The molecule has 32 heavy (non-hydrogen) atoms. The molecule has 3 rings (SSSR count). The number of hydrogen-bond acceptors (Lipinski definition) is 7. The highest BCUT2D eigenvalue weighted by molar-refractivity contribution is 5.95. The number of hydrogen-bond donors (Lipinski definition) is 4. The van der Waals surface area contributed by atoms with E-state index in [1.165, 1.54) is 0 Å². The summed E-state index contributed by atoms with van der Waals surface area (Å²) in [5, 5.41) is 12.5. The molecule has 0 amide bonds. The summed E-state index contributed by atoms with van der Waals surface area (Å²) in [6, 6.07) is 0.595. The Hall–Kier alpha value is -2.55. The SMILES string of the molecule is CC1N=C2N[C@H](CCC/C=C\CCO)C[C@@H]3CCC(=C1C(=O)OCCCCN=C(N)N)N23. The first-order valence-electron chi connectivity index (χ1n) is 11.9. The van der Waals surface area contributed by atoms with Crippen molar-refractivity contribution in [2.45, 2.75) is 82.8 Å². The van der Waals surface area contributed by atoms with Gasteiger partial charge in [-0.25, -0.2) is 9.79 Å². The van der Waals surface area contributed by atoms with E-state index in [2.05, 4.69) is 21.3 Å². The first-order valence-corrected chi connectivity index (χ1v) is 11.9. The average molecular weight is 447 g/mol. The second-order valence-electron chi connectivity index (χ2n) is 8.69. The molecular weight excluding hydrogens is 408 g/mol. The summed E-state index contributed by atoms with van der Waals surface area (Å²) in [5.41, 5.74) is 12.4. The van der Waals surface area contributed by atoms with Crippen LogP contribution in [-0.4, -0.2) is 65.8 Å². The molecule has 6 N–H and O–H groups in total. The third-order valence-electron chi connectivity index (χ3n) is 6.22. The van der Waals surface area contributed by atoms with E-state index >= 15 is 0 Å². The number of aliphatic imine (C=N–C) groups is 2. The van der Waals surface area contributed by atoms with Crippen molar-refractivity contribution < 1.29 is 14.6 Å². The van der Waals surface area contributed by atoms with Gasteiger partial charge in [-0.05, 0) is 64.7 Å². The number of rotatable bonds is 12. The average Bonchev–Trinajstić information content (AvgIpc) is 3.17. The quantitative estimate of drug-likeness (QED) is 0.117. The molecule has 178 valence electrons. The molecule has 0 aromatic carbocycles. The number of aliphatic hydroxyl groups excluding tert-OH is 1. The highest BCUT2D eigenvalue weighted by Gasteiger charge is 2.44. The topological polar surface area (TPSA) is 139 Å². The molecule has 0 aromatic rings. The summed E-state index contributed by atoms with van der Waals surface area (Å²) >= 11 is 0. The van der Waals surface area contributed by atoms with Crippen LogP contribution in [0.15, 0.2) is 33.4 Å². The lowest BCUT2D eigenvalue weighted by Crippen LogP contribution is -2.56. The Morgan fingerprint density at radius 1 is 1.31 bits per heavy atom. The number of carbonyl (C=O) groups is 1. The van der Waals surface area contributed by atoms with E-state index in [4.69, 9.17) is 26.3 Å². The third-order valence-corrected chi connectivity index (χ3v) is 6.22. The number of esters is 1. The fraction of sp³-hybridized carbons (Fsp3) is 0.696. The van der Waals surface area contributed by atoms with Gasteiger partial charge in [0.1, 0.15) is 0 Å². The molecule has 0 bridgehead atoms. The summed E-state index contributed by atoms with van der Waals surface area (Å²) < 4.78 is 5.56. The van der Waals surface area contributed by atoms with E-state index in [9.17, 15) is 4.79 Å². The van der Waals surface area contributed by atoms with E-state index in [0.717, 1.165) is 69.4 Å². The van der Waals surface area contributed by atoms with Gasteiger partial charge < -0.3 is 31.5 Å². The first kappa shape index (κ1) is 24.1. The van der Waals surface area contributed by atoms with Crippen LogP contribution in [0.2, 0.25) is 0 Å². The van der Waals surface area contributed by atoms with Gasteiger partial charge in [-0.15, -0.1) is 0 Å². The minimum atomic E-state index is -0.255. The third kappa shape index (κ3) is 6.25. The first-order chi connectivity index (χ1) is 15.5. The van der Waals surface area contributed by atoms with Gasteiger partial charge >= 0.3 is 5.97 Å². The number of guanidine groups is 2. The van der Waals surface area contributed by atoms with Crippen molar-refractivity contribution in [3.05, 3.63) is 23.4 Å². The fourth-order valence-electron chi connectivity index (χ4n) is 4.73. The van der Waals surface area contributed by atoms with Crippen molar-refractivity contribution in [1.29, 1.82) is 0 Å². The lowest BCUT2D eigenvalue weighted by atomic mass is 9.97. The normalized spacial score (nSPS) is 24.2. The predicted octanol–water partition coefficient (Wildman–Crippen LogP) is 1.53. The van der Waals surface area contributed by atoms with Crippen LogP contribution in [0.1, 0.15) is 64.7 Å². The maximum absolute atomic E-state index is 12.8. The molecule has 1 unspecified atom stereocenters. The number of unbranched alkanes of at least 4 members (excludes halogenated alkanes) is 2. The van der Waals surface area contributed by atoms with E-state index in [0.29, 0.717) is 30.8 Å². The highest BCUT2D eigenvalue weighted by Crippen LogP contribution is 2.39. The zero-order chi connectivity index (χ0) is 22.9. The van der Waals surface area contributed by atoms with Gasteiger partial charge in [0.05, 0.1) is 18.2 Å². The smallest absolute Gasteiger partial charge is 0.337 e. The Morgan fingerprint density at radius 2 is 2.12 bits per heavy atom. The van der Waals surface area contributed by atoms with Gasteiger partial charge in [0, 0.05) is 30.9 Å². The molecular formula is C23H38N6O3. The minimum absolute atomic E-state index is 0.0849. The van der Waals surface area contributed by atoms with E-state index in [1.807, 2.05) is 13.0 Å². The maximum atomic E-state index is 12.8. The number of aliphatic hydroxyl groups is 1. The van der Waals surface area contributed by atoms with Gasteiger partial charge in [-0.1, -0.05) is 12.2 Å². The molecule has 2 saturated heterocycles. The van der Waals surface area contributed by atoms with Crippen LogP contribution < -0.4 is 16.8 Å². The molecule has 0 saturated carbocycles. The summed E-state index contributed by atoms with van der Waals surface area (Å²) in [6.07, 6.45) is 12.6. The molecule has 0 aromatic heterocycles. The lowest BCUT2D eigenvalue weighted by Gasteiger charge is -2.42. The lowest BCUT2D eigenvalue weighted by molar-refractivity contribution is -0.139. The summed E-state index contributed by atoms with van der Waals surface area (Å²) in [5.74, 6) is 0.743. The molecule has 3 aliphatic heterocycles. The van der Waals surface area contributed by atoms with Gasteiger partial charge in [0.2, 0.25) is 0 Å². The van der Waals surface area contributed by atoms with Crippen molar-refractivity contribution in [3.63, 3.8) is 0 Å². The van der Waals surface area contributed by atoms with Crippen LogP contribution >= 0.6 is 0 Å². The van der Waals surface area contributed by atoms with E-state index in [1.54, 1.807) is 0 Å². The van der Waals surface area contributed by atoms with Gasteiger partial charge in [0.15, 0.2) is 11.9 Å². The molecule has 9 nitrogen and oxygen atoms in total. The van der Waals surface area contributed by atoms with Crippen LogP contribution in [0.25, 0.3) is 0 Å². The number of nitrogens with two attached hydrogens (primary N) is 2. The Labute approximate surface area is 190 Å². The van der Waals surface area contributed by atoms with Gasteiger partial charge in [-0.3, -0.25) is 4.99 Å². The van der Waals surface area contributed by atoms with E-state index in [-0.39, 0.29) is 24.6 Å². The number of allylic oxidation sites excluding steroid dienone is 2. The second kappa shape index (κ2) is 11.9. The largest absolute Gasteiger partial charge is 0.462 e. The molecule has 0 spiro atoms. The number of carbonyl (C=O) groups excluding carboxylic acids is 1. The Balaban J connectivity index is 1.52. The molecule has 3 heterocycles. The van der Waals surface area contributed by atoms with Crippen LogP contribution in [0.4, 0.5) is 0 Å². The van der Waals surface area contributed by atoms with Crippen LogP contribution in [0.5, 0.6) is 0 Å². The van der Waals surface area contributed by atoms with Gasteiger partial charge in [0.25, 0.3) is 0 Å². The molecule has 2 fully saturated rings. The van der Waals surface area contributed by atoms with Crippen LogP contribution in [-0.2, 0) is 9.53 Å². The Kier molecular flexibility index (Phi) is 8.96. The number of nitrogens with zero attached hydrogens (tertiary/aromatic N) is 3. The maximum Gasteiger partial charge on any atom is 0.337 e. The zero-order valence-corrected chi connectivity index (χ0v) is 19.1. The second-order valence-corrected chi connectivity index (χ2v) is 8.69. The Bertz CT molecular complexity index is 772. The van der Waals surface area contributed by atoms with E-state index < -0.39 is 0 Å². The van der Waals surface area contributed by atoms with Crippen molar-refractivity contribution in [3.8, 4) is 0 Å². The predicted molar refractivity (Wildman–Crippen MR) is 126 cm³/mol. The van der Waals surface area contributed by atoms with Crippen molar-refractivity contribution in [2.24, 2.45) is 21.5 Å². The molecule has 0 aliphatic carbocycles. The molecule has 0 radical (unpaired) electrons. The van der Waals surface area contributed by atoms with Gasteiger partial charge in [-0.2, -0.15) is 0 Å². The minimum Gasteiger partial charge on any atom is -0.462 e. The number of ether oxygens (including phenoxy) is 1.